The van der Waals surface area contributed by atoms with Gasteiger partial charge in [0.1, 0.15) is 0 Å². The van der Waals surface area contributed by atoms with E-state index in [4.69, 9.17) is 23.2 Å². The van der Waals surface area contributed by atoms with Gasteiger partial charge in [0.2, 0.25) is 0 Å². The van der Waals surface area contributed by atoms with Gasteiger partial charge in [0, 0.05) is 4.47 Å². The second kappa shape index (κ2) is 7.77. The van der Waals surface area contributed by atoms with Gasteiger partial charge in [-0.05, 0) is 52.2 Å². The number of nitrogens with zero attached hydrogens (tertiary/aromatic N) is 1. The molecule has 6 heteroatoms. The van der Waals surface area contributed by atoms with Crippen LogP contribution >= 0.6 is 39.1 Å². The molecule has 2 aromatic rings. The van der Waals surface area contributed by atoms with Crippen LogP contribution in [0.4, 0.5) is 0 Å². The van der Waals surface area contributed by atoms with Crippen LogP contribution < -0.4 is 5.43 Å². The van der Waals surface area contributed by atoms with Crippen molar-refractivity contribution in [2.75, 3.05) is 0 Å². The largest absolute Gasteiger partial charge is 0.272 e. The zero-order valence-electron chi connectivity index (χ0n) is 11.7. The lowest BCUT2D eigenvalue weighted by atomic mass is 10.1. The Morgan fingerprint density at radius 3 is 2.55 bits per heavy atom. The van der Waals surface area contributed by atoms with Crippen molar-refractivity contribution in [3.05, 3.63) is 68.1 Å². The van der Waals surface area contributed by atoms with E-state index in [9.17, 15) is 4.79 Å². The standard InChI is InChI=1S/C16H13BrCl2N2O/c1-2-15(10-7-8-13(18)14(19)9-10)20-21-16(22)11-5-3-4-6-12(11)17/h3-9H,2H2,1H3,(H,21,22)/b20-15+. The summed E-state index contributed by atoms with van der Waals surface area (Å²) in [6.45, 7) is 1.95. The quantitative estimate of drug-likeness (QED) is 0.550. The number of benzene rings is 2. The van der Waals surface area contributed by atoms with Crippen molar-refractivity contribution < 1.29 is 4.79 Å². The Morgan fingerprint density at radius 2 is 1.91 bits per heavy atom. The van der Waals surface area contributed by atoms with Crippen molar-refractivity contribution in [3.8, 4) is 0 Å². The summed E-state index contributed by atoms with van der Waals surface area (Å²) in [5, 5.41) is 5.14. The van der Waals surface area contributed by atoms with Gasteiger partial charge in [0.15, 0.2) is 0 Å². The van der Waals surface area contributed by atoms with Crippen molar-refractivity contribution in [1.29, 1.82) is 0 Å². The molecule has 0 saturated heterocycles. The number of hydrogen-bond acceptors (Lipinski definition) is 2. The molecular formula is C16H13BrCl2N2O. The average Bonchev–Trinajstić information content (AvgIpc) is 2.51. The summed E-state index contributed by atoms with van der Waals surface area (Å²) in [5.41, 5.74) is 4.63. The molecule has 0 heterocycles. The zero-order valence-corrected chi connectivity index (χ0v) is 14.8. The van der Waals surface area contributed by atoms with E-state index < -0.39 is 0 Å². The molecule has 22 heavy (non-hydrogen) atoms. The zero-order chi connectivity index (χ0) is 16.1. The molecule has 0 atom stereocenters. The summed E-state index contributed by atoms with van der Waals surface area (Å²) in [6.07, 6.45) is 0.647. The summed E-state index contributed by atoms with van der Waals surface area (Å²) in [7, 11) is 0. The maximum atomic E-state index is 12.1. The maximum absolute atomic E-state index is 12.1. The van der Waals surface area contributed by atoms with E-state index in [-0.39, 0.29) is 5.91 Å². The van der Waals surface area contributed by atoms with Gasteiger partial charge in [-0.25, -0.2) is 5.43 Å². The third-order valence-corrected chi connectivity index (χ3v) is 4.43. The minimum absolute atomic E-state index is 0.279. The SMILES string of the molecule is CC/C(=N\NC(=O)c1ccccc1Br)c1ccc(Cl)c(Cl)c1. The molecule has 2 rings (SSSR count). The predicted octanol–water partition coefficient (Wildman–Crippen LogP) is 5.30. The Balaban J connectivity index is 2.21. The fourth-order valence-corrected chi connectivity index (χ4v) is 2.61. The highest BCUT2D eigenvalue weighted by molar-refractivity contribution is 9.10. The molecule has 0 fully saturated rings. The molecule has 0 aliphatic carbocycles. The van der Waals surface area contributed by atoms with E-state index in [1.54, 1.807) is 30.3 Å². The third kappa shape index (κ3) is 4.09. The monoisotopic (exact) mass is 398 g/mol. The van der Waals surface area contributed by atoms with Gasteiger partial charge in [-0.3, -0.25) is 4.79 Å². The summed E-state index contributed by atoms with van der Waals surface area (Å²) < 4.78 is 0.718. The van der Waals surface area contributed by atoms with Crippen LogP contribution in [0.5, 0.6) is 0 Å². The van der Waals surface area contributed by atoms with Crippen LogP contribution in [0.15, 0.2) is 52.0 Å². The summed E-state index contributed by atoms with van der Waals surface area (Å²) >= 11 is 15.3. The normalized spacial score (nSPS) is 11.4. The summed E-state index contributed by atoms with van der Waals surface area (Å²) in [6, 6.07) is 12.4. The molecule has 0 spiro atoms. The molecule has 0 bridgehead atoms. The number of amides is 1. The molecule has 0 aliphatic rings. The number of hydrogen-bond donors (Lipinski definition) is 1. The second-order valence-corrected chi connectivity index (χ2v) is 6.13. The lowest BCUT2D eigenvalue weighted by molar-refractivity contribution is 0.0954. The molecule has 0 aliphatic heterocycles. The van der Waals surface area contributed by atoms with Gasteiger partial charge in [-0.15, -0.1) is 0 Å². The highest BCUT2D eigenvalue weighted by Gasteiger charge is 2.10. The van der Waals surface area contributed by atoms with Gasteiger partial charge in [0.25, 0.3) is 5.91 Å². The van der Waals surface area contributed by atoms with Gasteiger partial charge in [0.05, 0.1) is 21.3 Å². The summed E-state index contributed by atoms with van der Waals surface area (Å²) in [4.78, 5) is 12.1. The van der Waals surface area contributed by atoms with Crippen LogP contribution in [0.25, 0.3) is 0 Å². The minimum Gasteiger partial charge on any atom is -0.267 e. The van der Waals surface area contributed by atoms with Crippen LogP contribution in [0.2, 0.25) is 10.0 Å². The van der Waals surface area contributed by atoms with Gasteiger partial charge in [-0.1, -0.05) is 48.3 Å². The highest BCUT2D eigenvalue weighted by Crippen LogP contribution is 2.23. The van der Waals surface area contributed by atoms with Crippen LogP contribution in [0, 0.1) is 0 Å². The number of carbonyl (C=O) groups excluding carboxylic acids is 1. The molecule has 0 radical (unpaired) electrons. The van der Waals surface area contributed by atoms with Gasteiger partial charge in [-0.2, -0.15) is 5.10 Å². The summed E-state index contributed by atoms with van der Waals surface area (Å²) in [5.74, 6) is -0.279. The Kier molecular flexibility index (Phi) is 6.00. The van der Waals surface area contributed by atoms with E-state index in [1.807, 2.05) is 19.1 Å². The van der Waals surface area contributed by atoms with Crippen molar-refractivity contribution in [3.63, 3.8) is 0 Å². The Labute approximate surface area is 147 Å². The first-order chi connectivity index (χ1) is 10.5. The molecule has 3 nitrogen and oxygen atoms in total. The Bertz CT molecular complexity index is 732. The van der Waals surface area contributed by atoms with Gasteiger partial charge < -0.3 is 0 Å². The van der Waals surface area contributed by atoms with E-state index in [0.29, 0.717) is 22.0 Å². The van der Waals surface area contributed by atoms with Crippen molar-refractivity contribution in [2.45, 2.75) is 13.3 Å². The van der Waals surface area contributed by atoms with Crippen LogP contribution in [0.1, 0.15) is 29.3 Å². The van der Waals surface area contributed by atoms with Crippen molar-refractivity contribution in [2.24, 2.45) is 5.10 Å². The molecular weight excluding hydrogens is 387 g/mol. The van der Waals surface area contributed by atoms with Crippen molar-refractivity contribution in [1.82, 2.24) is 5.43 Å². The lowest BCUT2D eigenvalue weighted by Gasteiger charge is -2.07. The van der Waals surface area contributed by atoms with Gasteiger partial charge >= 0.3 is 0 Å². The third-order valence-electron chi connectivity index (χ3n) is 3.00. The van der Waals surface area contributed by atoms with E-state index >= 15 is 0 Å². The molecule has 2 aromatic carbocycles. The van der Waals surface area contributed by atoms with E-state index in [1.165, 1.54) is 0 Å². The number of rotatable bonds is 4. The van der Waals surface area contributed by atoms with Crippen LogP contribution in [-0.2, 0) is 0 Å². The van der Waals surface area contributed by atoms with Crippen LogP contribution in [0.3, 0.4) is 0 Å². The Hall–Kier alpha value is -1.36. The second-order valence-electron chi connectivity index (χ2n) is 4.46. The molecule has 0 saturated carbocycles. The highest BCUT2D eigenvalue weighted by atomic mass is 79.9. The molecule has 0 unspecified atom stereocenters. The van der Waals surface area contributed by atoms with E-state index in [0.717, 1.165) is 15.7 Å². The number of nitrogens with one attached hydrogen (secondary N) is 1. The fourth-order valence-electron chi connectivity index (χ4n) is 1.85. The number of carbonyl (C=O) groups is 1. The van der Waals surface area contributed by atoms with E-state index in [2.05, 4.69) is 26.5 Å². The topological polar surface area (TPSA) is 41.5 Å². The number of hydrazone groups is 1. The first-order valence-electron chi connectivity index (χ1n) is 6.59. The lowest BCUT2D eigenvalue weighted by Crippen LogP contribution is -2.20. The van der Waals surface area contributed by atoms with Crippen molar-refractivity contribution >= 4 is 50.8 Å². The molecule has 0 aromatic heterocycles. The predicted molar refractivity (Wildman–Crippen MR) is 94.9 cm³/mol. The fraction of sp³-hybridized carbons (Fsp3) is 0.125. The molecule has 114 valence electrons. The minimum atomic E-state index is -0.279. The first-order valence-corrected chi connectivity index (χ1v) is 8.14. The Morgan fingerprint density at radius 1 is 1.18 bits per heavy atom. The smallest absolute Gasteiger partial charge is 0.267 e. The molecule has 1 N–H and O–H groups in total. The average molecular weight is 400 g/mol. The first kappa shape index (κ1) is 17.0. The number of halogens is 3. The van der Waals surface area contributed by atoms with Crippen LogP contribution in [-0.4, -0.2) is 11.6 Å². The molecule has 1 amide bonds. The maximum Gasteiger partial charge on any atom is 0.272 e.